The Balaban J connectivity index is 2.77. The van der Waals surface area contributed by atoms with E-state index in [0.717, 1.165) is 16.3 Å². The quantitative estimate of drug-likeness (QED) is 0.791. The third-order valence-electron chi connectivity index (χ3n) is 2.05. The van der Waals surface area contributed by atoms with Gasteiger partial charge < -0.3 is 5.11 Å². The maximum absolute atomic E-state index is 8.97. The molecule has 15 heavy (non-hydrogen) atoms. The zero-order valence-electron chi connectivity index (χ0n) is 8.90. The van der Waals surface area contributed by atoms with E-state index in [2.05, 4.69) is 11.1 Å². The number of aliphatic hydroxyl groups excluding tert-OH is 1. The van der Waals surface area contributed by atoms with Crippen LogP contribution in [-0.4, -0.2) is 22.5 Å². The van der Waals surface area contributed by atoms with Crippen molar-refractivity contribution >= 4 is 11.8 Å². The molecule has 1 aromatic rings. The van der Waals surface area contributed by atoms with Crippen LogP contribution in [0.15, 0.2) is 17.3 Å². The SMILES string of the molecule is Cc1ccnc(SCC(C)CO)c1C#N. The topological polar surface area (TPSA) is 56.9 Å². The average Bonchev–Trinajstić information content (AvgIpc) is 2.25. The molecule has 0 aliphatic rings. The third kappa shape index (κ3) is 3.22. The van der Waals surface area contributed by atoms with Gasteiger partial charge in [-0.25, -0.2) is 4.98 Å². The Labute approximate surface area is 94.2 Å². The van der Waals surface area contributed by atoms with Crippen LogP contribution in [0.3, 0.4) is 0 Å². The number of hydrogen-bond donors (Lipinski definition) is 1. The van der Waals surface area contributed by atoms with E-state index in [4.69, 9.17) is 10.4 Å². The van der Waals surface area contributed by atoms with E-state index < -0.39 is 0 Å². The van der Waals surface area contributed by atoms with Crippen LogP contribution >= 0.6 is 11.8 Å². The van der Waals surface area contributed by atoms with Crippen LogP contribution in [0, 0.1) is 24.2 Å². The largest absolute Gasteiger partial charge is 0.396 e. The summed E-state index contributed by atoms with van der Waals surface area (Å²) in [7, 11) is 0. The average molecular weight is 222 g/mol. The molecular formula is C11H14N2OS. The zero-order chi connectivity index (χ0) is 11.3. The van der Waals surface area contributed by atoms with Crippen LogP contribution in [0.25, 0.3) is 0 Å². The van der Waals surface area contributed by atoms with E-state index in [-0.39, 0.29) is 12.5 Å². The molecular weight excluding hydrogens is 208 g/mol. The minimum Gasteiger partial charge on any atom is -0.396 e. The maximum Gasteiger partial charge on any atom is 0.114 e. The third-order valence-corrected chi connectivity index (χ3v) is 3.37. The van der Waals surface area contributed by atoms with Crippen molar-refractivity contribution in [1.29, 1.82) is 5.26 Å². The summed E-state index contributed by atoms with van der Waals surface area (Å²) in [5, 5.41) is 18.6. The van der Waals surface area contributed by atoms with Gasteiger partial charge >= 0.3 is 0 Å². The second kappa shape index (κ2) is 5.74. The molecule has 0 saturated heterocycles. The standard InChI is InChI=1S/C11H14N2OS/c1-8(6-14)7-15-11-10(5-12)9(2)3-4-13-11/h3-4,8,14H,6-7H2,1-2H3. The number of hydrogen-bond acceptors (Lipinski definition) is 4. The van der Waals surface area contributed by atoms with E-state index in [1.165, 1.54) is 11.8 Å². The fourth-order valence-corrected chi connectivity index (χ4v) is 2.09. The molecule has 0 fully saturated rings. The Morgan fingerprint density at radius 1 is 1.67 bits per heavy atom. The Bertz CT molecular complexity index is 373. The monoisotopic (exact) mass is 222 g/mol. The van der Waals surface area contributed by atoms with Crippen molar-refractivity contribution in [1.82, 2.24) is 4.98 Å². The summed E-state index contributed by atoms with van der Waals surface area (Å²) < 4.78 is 0. The van der Waals surface area contributed by atoms with Crippen LogP contribution in [0.4, 0.5) is 0 Å². The highest BCUT2D eigenvalue weighted by Crippen LogP contribution is 2.23. The summed E-state index contributed by atoms with van der Waals surface area (Å²) in [6.45, 7) is 4.04. The first kappa shape index (κ1) is 12.0. The van der Waals surface area contributed by atoms with Gasteiger partial charge in [-0.3, -0.25) is 0 Å². The number of aryl methyl sites for hydroxylation is 1. The first-order chi connectivity index (χ1) is 7.19. The van der Waals surface area contributed by atoms with Crippen molar-refractivity contribution in [2.75, 3.05) is 12.4 Å². The van der Waals surface area contributed by atoms with Gasteiger partial charge in [-0.1, -0.05) is 6.92 Å². The van der Waals surface area contributed by atoms with Gasteiger partial charge in [0, 0.05) is 18.6 Å². The Morgan fingerprint density at radius 3 is 3.00 bits per heavy atom. The summed E-state index contributed by atoms with van der Waals surface area (Å²) in [6.07, 6.45) is 1.71. The first-order valence-electron chi connectivity index (χ1n) is 4.78. The molecule has 1 heterocycles. The molecule has 0 bridgehead atoms. The Morgan fingerprint density at radius 2 is 2.40 bits per heavy atom. The van der Waals surface area contributed by atoms with Gasteiger partial charge in [0.25, 0.3) is 0 Å². The highest BCUT2D eigenvalue weighted by atomic mass is 32.2. The van der Waals surface area contributed by atoms with E-state index in [0.29, 0.717) is 5.56 Å². The fraction of sp³-hybridized carbons (Fsp3) is 0.455. The second-order valence-corrected chi connectivity index (χ2v) is 4.53. The van der Waals surface area contributed by atoms with Crippen molar-refractivity contribution in [3.63, 3.8) is 0 Å². The molecule has 0 amide bonds. The normalized spacial score (nSPS) is 12.1. The molecule has 80 valence electrons. The lowest BCUT2D eigenvalue weighted by Crippen LogP contribution is -2.04. The molecule has 0 aliphatic heterocycles. The van der Waals surface area contributed by atoms with Crippen LogP contribution < -0.4 is 0 Å². The fourth-order valence-electron chi connectivity index (χ4n) is 1.05. The van der Waals surface area contributed by atoms with Crippen molar-refractivity contribution in [2.45, 2.75) is 18.9 Å². The molecule has 1 N–H and O–H groups in total. The molecule has 3 nitrogen and oxygen atoms in total. The van der Waals surface area contributed by atoms with Crippen LogP contribution in [0.5, 0.6) is 0 Å². The minimum absolute atomic E-state index is 0.167. The van der Waals surface area contributed by atoms with E-state index in [9.17, 15) is 0 Å². The molecule has 1 aromatic heterocycles. The first-order valence-corrected chi connectivity index (χ1v) is 5.77. The molecule has 0 spiro atoms. The molecule has 0 aliphatic carbocycles. The van der Waals surface area contributed by atoms with Gasteiger partial charge in [0.15, 0.2) is 0 Å². The molecule has 4 heteroatoms. The lowest BCUT2D eigenvalue weighted by atomic mass is 10.2. The van der Waals surface area contributed by atoms with Crippen molar-refractivity contribution in [2.24, 2.45) is 5.92 Å². The lowest BCUT2D eigenvalue weighted by molar-refractivity contribution is 0.250. The number of thioether (sulfide) groups is 1. The number of nitrogens with zero attached hydrogens (tertiary/aromatic N) is 2. The summed E-state index contributed by atoms with van der Waals surface area (Å²) in [5.74, 6) is 1.01. The van der Waals surface area contributed by atoms with Crippen molar-refractivity contribution in [3.8, 4) is 6.07 Å². The minimum atomic E-state index is 0.167. The molecule has 1 atom stereocenters. The summed E-state index contributed by atoms with van der Waals surface area (Å²) >= 11 is 1.52. The zero-order valence-corrected chi connectivity index (χ0v) is 9.71. The van der Waals surface area contributed by atoms with Crippen LogP contribution in [0.2, 0.25) is 0 Å². The Hall–Kier alpha value is -1.05. The van der Waals surface area contributed by atoms with Crippen LogP contribution in [0.1, 0.15) is 18.1 Å². The summed E-state index contributed by atoms with van der Waals surface area (Å²) in [4.78, 5) is 4.18. The number of aromatic nitrogens is 1. The number of rotatable bonds is 4. The number of pyridine rings is 1. The van der Waals surface area contributed by atoms with Gasteiger partial charge in [-0.05, 0) is 24.5 Å². The smallest absolute Gasteiger partial charge is 0.114 e. The lowest BCUT2D eigenvalue weighted by Gasteiger charge is -2.08. The second-order valence-electron chi connectivity index (χ2n) is 3.52. The number of aliphatic hydroxyl groups is 1. The highest BCUT2D eigenvalue weighted by molar-refractivity contribution is 7.99. The molecule has 1 rings (SSSR count). The van der Waals surface area contributed by atoms with E-state index in [1.807, 2.05) is 19.9 Å². The van der Waals surface area contributed by atoms with Gasteiger partial charge in [0.05, 0.1) is 5.56 Å². The molecule has 0 saturated carbocycles. The Kier molecular flexibility index (Phi) is 4.60. The summed E-state index contributed by atoms with van der Waals surface area (Å²) in [6, 6.07) is 3.99. The predicted molar refractivity (Wildman–Crippen MR) is 60.7 cm³/mol. The molecule has 0 radical (unpaired) electrons. The van der Waals surface area contributed by atoms with Gasteiger partial charge in [-0.15, -0.1) is 11.8 Å². The summed E-state index contributed by atoms with van der Waals surface area (Å²) in [5.41, 5.74) is 1.60. The number of nitriles is 1. The highest BCUT2D eigenvalue weighted by Gasteiger charge is 2.08. The van der Waals surface area contributed by atoms with E-state index >= 15 is 0 Å². The van der Waals surface area contributed by atoms with Crippen molar-refractivity contribution < 1.29 is 5.11 Å². The molecule has 1 unspecified atom stereocenters. The van der Waals surface area contributed by atoms with Crippen molar-refractivity contribution in [3.05, 3.63) is 23.4 Å². The maximum atomic E-state index is 8.97. The molecule has 0 aromatic carbocycles. The predicted octanol–water partition coefficient (Wildman–Crippen LogP) is 1.98. The van der Waals surface area contributed by atoms with E-state index in [1.54, 1.807) is 6.20 Å². The van der Waals surface area contributed by atoms with Gasteiger partial charge in [0.1, 0.15) is 11.1 Å². The van der Waals surface area contributed by atoms with Gasteiger partial charge in [0.2, 0.25) is 0 Å². The van der Waals surface area contributed by atoms with Gasteiger partial charge in [-0.2, -0.15) is 5.26 Å². The van der Waals surface area contributed by atoms with Crippen LogP contribution in [-0.2, 0) is 0 Å².